The van der Waals surface area contributed by atoms with Crippen LogP contribution in [0.4, 0.5) is 17.1 Å². The molecule has 0 amide bonds. The molecule has 13 heteroatoms. The number of non-ortho nitro benzene ring substituents is 2. The standard InChI is InChI=1S/C15H9N7O6/c23-20(24)11-4-1-10(2-5-11)3-8-15-16-17-18-19(15)13-7-6-12(21(25)26)9-14(13)22(27)28/h1-9H. The van der Waals surface area contributed by atoms with Gasteiger partial charge in [0.15, 0.2) is 5.82 Å². The van der Waals surface area contributed by atoms with E-state index in [1.165, 1.54) is 36.4 Å². The number of hydrogen-bond donors (Lipinski definition) is 0. The highest BCUT2D eigenvalue weighted by Crippen LogP contribution is 2.28. The average molecular weight is 383 g/mol. The largest absolute Gasteiger partial charge is 0.301 e. The lowest BCUT2D eigenvalue weighted by Gasteiger charge is -2.03. The van der Waals surface area contributed by atoms with E-state index >= 15 is 0 Å². The van der Waals surface area contributed by atoms with Gasteiger partial charge in [-0.15, -0.1) is 5.10 Å². The second kappa shape index (κ2) is 7.36. The molecule has 140 valence electrons. The third-order valence-corrected chi connectivity index (χ3v) is 3.62. The smallest absolute Gasteiger partial charge is 0.258 e. The van der Waals surface area contributed by atoms with E-state index < -0.39 is 26.1 Å². The van der Waals surface area contributed by atoms with Gasteiger partial charge in [-0.1, -0.05) is 6.08 Å². The van der Waals surface area contributed by atoms with Crippen LogP contribution in [0.5, 0.6) is 0 Å². The van der Waals surface area contributed by atoms with Crippen molar-refractivity contribution in [2.45, 2.75) is 0 Å². The van der Waals surface area contributed by atoms with Gasteiger partial charge in [0, 0.05) is 18.2 Å². The van der Waals surface area contributed by atoms with Crippen molar-refractivity contribution >= 4 is 29.2 Å². The molecule has 3 rings (SSSR count). The van der Waals surface area contributed by atoms with Crippen LogP contribution >= 0.6 is 0 Å². The summed E-state index contributed by atoms with van der Waals surface area (Å²) in [7, 11) is 0. The molecule has 0 aliphatic heterocycles. The predicted octanol–water partition coefficient (Wildman–Crippen LogP) is 2.56. The van der Waals surface area contributed by atoms with Gasteiger partial charge in [0.2, 0.25) is 0 Å². The fourth-order valence-corrected chi connectivity index (χ4v) is 2.30. The maximum absolute atomic E-state index is 11.3. The highest BCUT2D eigenvalue weighted by molar-refractivity contribution is 5.68. The molecule has 0 saturated carbocycles. The van der Waals surface area contributed by atoms with Crippen molar-refractivity contribution in [3.05, 3.63) is 84.2 Å². The Balaban J connectivity index is 1.97. The molecule has 1 aromatic heterocycles. The fraction of sp³-hybridized carbons (Fsp3) is 0. The number of hydrogen-bond acceptors (Lipinski definition) is 9. The number of nitro benzene ring substituents is 3. The Kier molecular flexibility index (Phi) is 4.80. The van der Waals surface area contributed by atoms with Crippen molar-refractivity contribution in [2.24, 2.45) is 0 Å². The molecule has 0 N–H and O–H groups in total. The van der Waals surface area contributed by atoms with Crippen LogP contribution in [0.2, 0.25) is 0 Å². The van der Waals surface area contributed by atoms with E-state index in [0.29, 0.717) is 5.56 Å². The number of nitro groups is 3. The lowest BCUT2D eigenvalue weighted by Crippen LogP contribution is -2.04. The first kappa shape index (κ1) is 18.2. The summed E-state index contributed by atoms with van der Waals surface area (Å²) in [5.74, 6) is 0.121. The molecule has 0 atom stereocenters. The maximum Gasteiger partial charge on any atom is 0.301 e. The summed E-state index contributed by atoms with van der Waals surface area (Å²) >= 11 is 0. The van der Waals surface area contributed by atoms with Gasteiger partial charge in [-0.05, 0) is 40.3 Å². The number of aromatic nitrogens is 4. The second-order valence-corrected chi connectivity index (χ2v) is 5.32. The van der Waals surface area contributed by atoms with Crippen LogP contribution < -0.4 is 0 Å². The molecule has 0 radical (unpaired) electrons. The minimum atomic E-state index is -0.770. The monoisotopic (exact) mass is 383 g/mol. The first-order chi connectivity index (χ1) is 13.4. The van der Waals surface area contributed by atoms with Crippen LogP contribution in [0.25, 0.3) is 17.8 Å². The van der Waals surface area contributed by atoms with Gasteiger partial charge in [-0.25, -0.2) is 0 Å². The fourth-order valence-electron chi connectivity index (χ4n) is 2.30. The minimum Gasteiger partial charge on any atom is -0.258 e. The molecule has 0 aliphatic carbocycles. The van der Waals surface area contributed by atoms with Crippen LogP contribution in [-0.4, -0.2) is 35.0 Å². The van der Waals surface area contributed by atoms with E-state index in [1.54, 1.807) is 6.08 Å². The van der Waals surface area contributed by atoms with Crippen molar-refractivity contribution in [1.82, 2.24) is 20.2 Å². The van der Waals surface area contributed by atoms with Crippen LogP contribution in [0.3, 0.4) is 0 Å². The molecule has 1 heterocycles. The van der Waals surface area contributed by atoms with Crippen molar-refractivity contribution < 1.29 is 14.8 Å². The Morgan fingerprint density at radius 2 is 1.46 bits per heavy atom. The zero-order valence-electron chi connectivity index (χ0n) is 13.8. The average Bonchev–Trinajstić information content (AvgIpc) is 3.14. The van der Waals surface area contributed by atoms with Gasteiger partial charge in [0.1, 0.15) is 5.69 Å². The number of tetrazole rings is 1. The van der Waals surface area contributed by atoms with E-state index in [4.69, 9.17) is 0 Å². The summed E-state index contributed by atoms with van der Waals surface area (Å²) in [6.45, 7) is 0. The van der Waals surface area contributed by atoms with Crippen molar-refractivity contribution in [2.75, 3.05) is 0 Å². The molecule has 0 saturated heterocycles. The summed E-state index contributed by atoms with van der Waals surface area (Å²) in [6.07, 6.45) is 3.01. The Morgan fingerprint density at radius 3 is 2.07 bits per heavy atom. The first-order valence-corrected chi connectivity index (χ1v) is 7.51. The van der Waals surface area contributed by atoms with E-state index in [2.05, 4.69) is 15.5 Å². The van der Waals surface area contributed by atoms with Gasteiger partial charge >= 0.3 is 5.69 Å². The number of rotatable bonds is 6. The first-order valence-electron chi connectivity index (χ1n) is 7.51. The summed E-state index contributed by atoms with van der Waals surface area (Å²) in [4.78, 5) is 30.8. The molecule has 0 aliphatic rings. The molecule has 0 bridgehead atoms. The summed E-state index contributed by atoms with van der Waals surface area (Å²) < 4.78 is 1.06. The summed E-state index contributed by atoms with van der Waals surface area (Å²) in [5.41, 5.74) is -0.483. The molecule has 0 unspecified atom stereocenters. The topological polar surface area (TPSA) is 173 Å². The van der Waals surface area contributed by atoms with Crippen LogP contribution in [-0.2, 0) is 0 Å². The van der Waals surface area contributed by atoms with E-state index in [9.17, 15) is 30.3 Å². The Morgan fingerprint density at radius 1 is 0.821 bits per heavy atom. The Hall–Kier alpha value is -4.55. The van der Waals surface area contributed by atoms with E-state index in [0.717, 1.165) is 16.8 Å². The summed E-state index contributed by atoms with van der Waals surface area (Å²) in [6, 6.07) is 8.77. The van der Waals surface area contributed by atoms with Gasteiger partial charge in [0.25, 0.3) is 11.4 Å². The third-order valence-electron chi connectivity index (χ3n) is 3.62. The highest BCUT2D eigenvalue weighted by Gasteiger charge is 2.23. The summed E-state index contributed by atoms with van der Waals surface area (Å²) in [5, 5.41) is 43.7. The van der Waals surface area contributed by atoms with Gasteiger partial charge in [-0.3, -0.25) is 30.3 Å². The van der Waals surface area contributed by atoms with Gasteiger partial charge < -0.3 is 0 Å². The molecule has 0 fully saturated rings. The minimum absolute atomic E-state index is 0.0519. The molecule has 3 aromatic rings. The van der Waals surface area contributed by atoms with Crippen molar-refractivity contribution in [1.29, 1.82) is 0 Å². The van der Waals surface area contributed by atoms with Crippen molar-refractivity contribution in [3.63, 3.8) is 0 Å². The predicted molar refractivity (Wildman–Crippen MR) is 94.5 cm³/mol. The molecule has 0 spiro atoms. The van der Waals surface area contributed by atoms with Crippen LogP contribution in [0.15, 0.2) is 42.5 Å². The quantitative estimate of drug-likeness (QED) is 0.457. The zero-order chi connectivity index (χ0) is 20.3. The molecule has 2 aromatic carbocycles. The number of benzene rings is 2. The Labute approximate surface area is 155 Å². The van der Waals surface area contributed by atoms with Crippen molar-refractivity contribution in [3.8, 4) is 5.69 Å². The highest BCUT2D eigenvalue weighted by atomic mass is 16.6. The lowest BCUT2D eigenvalue weighted by molar-refractivity contribution is -0.394. The molecule has 28 heavy (non-hydrogen) atoms. The molecular weight excluding hydrogens is 374 g/mol. The molecular formula is C15H9N7O6. The lowest BCUT2D eigenvalue weighted by atomic mass is 10.2. The second-order valence-electron chi connectivity index (χ2n) is 5.32. The third kappa shape index (κ3) is 3.67. The normalized spacial score (nSPS) is 10.9. The van der Waals surface area contributed by atoms with E-state index in [-0.39, 0.29) is 17.2 Å². The number of nitrogens with zero attached hydrogens (tertiary/aromatic N) is 7. The zero-order valence-corrected chi connectivity index (χ0v) is 13.8. The SMILES string of the molecule is O=[N+]([O-])c1ccc(C=Cc2nnnn2-c2ccc([N+](=O)[O-])cc2[N+](=O)[O-])cc1. The van der Waals surface area contributed by atoms with Crippen LogP contribution in [0, 0.1) is 30.3 Å². The van der Waals surface area contributed by atoms with Gasteiger partial charge in [-0.2, -0.15) is 4.68 Å². The van der Waals surface area contributed by atoms with E-state index in [1.807, 2.05) is 0 Å². The maximum atomic E-state index is 11.3. The van der Waals surface area contributed by atoms with Gasteiger partial charge in [0.05, 0.1) is 20.8 Å². The van der Waals surface area contributed by atoms with Crippen LogP contribution in [0.1, 0.15) is 11.4 Å². The molecule has 13 nitrogen and oxygen atoms in total. The Bertz CT molecular complexity index is 1110.